The Hall–Kier alpha value is -0.700. The highest BCUT2D eigenvalue weighted by atomic mass is 32.2. The maximum absolute atomic E-state index is 11.3. The van der Waals surface area contributed by atoms with Crippen molar-refractivity contribution in [1.82, 2.24) is 9.44 Å². The molecule has 7 nitrogen and oxygen atoms in total. The molecule has 0 spiro atoms. The Labute approximate surface area is 95.4 Å². The van der Waals surface area contributed by atoms with Crippen molar-refractivity contribution in [1.29, 1.82) is 0 Å². The normalized spacial score (nSPS) is 13.6. The van der Waals surface area contributed by atoms with E-state index in [1.165, 1.54) is 7.11 Å². The van der Waals surface area contributed by atoms with Gasteiger partial charge in [0.05, 0.1) is 0 Å². The number of carboxylic acid groups (broad SMARTS) is 1. The molecule has 16 heavy (non-hydrogen) atoms. The summed E-state index contributed by atoms with van der Waals surface area (Å²) in [6.07, 6.45) is 0.663. The van der Waals surface area contributed by atoms with E-state index in [-0.39, 0.29) is 13.0 Å². The molecular formula is C8H18N2O5S. The smallest absolute Gasteiger partial charge is 0.321 e. The minimum atomic E-state index is -3.73. The number of nitrogens with one attached hydrogen (secondary N) is 2. The predicted octanol–water partition coefficient (Wildman–Crippen LogP) is -0.690. The van der Waals surface area contributed by atoms with Gasteiger partial charge in [-0.1, -0.05) is 6.92 Å². The number of ether oxygens (including phenoxy) is 1. The fourth-order valence-electron chi connectivity index (χ4n) is 1.08. The Kier molecular flexibility index (Phi) is 7.22. The number of aliphatic carboxylic acids is 1. The molecule has 96 valence electrons. The van der Waals surface area contributed by atoms with Crippen LogP contribution in [-0.2, 0) is 19.7 Å². The van der Waals surface area contributed by atoms with Crippen LogP contribution in [-0.4, -0.2) is 45.8 Å². The minimum absolute atomic E-state index is 0.188. The van der Waals surface area contributed by atoms with Gasteiger partial charge in [0.1, 0.15) is 6.04 Å². The molecule has 0 rings (SSSR count). The zero-order valence-electron chi connectivity index (χ0n) is 9.39. The van der Waals surface area contributed by atoms with Gasteiger partial charge < -0.3 is 9.84 Å². The van der Waals surface area contributed by atoms with Crippen LogP contribution in [0.15, 0.2) is 0 Å². The van der Waals surface area contributed by atoms with E-state index in [4.69, 9.17) is 9.84 Å². The molecule has 8 heteroatoms. The quantitative estimate of drug-likeness (QED) is 0.472. The van der Waals surface area contributed by atoms with E-state index < -0.39 is 22.2 Å². The van der Waals surface area contributed by atoms with Crippen molar-refractivity contribution in [2.45, 2.75) is 25.8 Å². The van der Waals surface area contributed by atoms with E-state index in [1.807, 2.05) is 0 Å². The van der Waals surface area contributed by atoms with Gasteiger partial charge in [0.15, 0.2) is 0 Å². The number of hydrogen-bond acceptors (Lipinski definition) is 4. The second-order valence-corrected chi connectivity index (χ2v) is 4.68. The second-order valence-electron chi connectivity index (χ2n) is 3.15. The summed E-state index contributed by atoms with van der Waals surface area (Å²) in [5.74, 6) is -1.20. The number of methoxy groups -OCH3 is 1. The summed E-state index contributed by atoms with van der Waals surface area (Å²) in [5.41, 5.74) is 0. The lowest BCUT2D eigenvalue weighted by Gasteiger charge is -2.14. The average molecular weight is 254 g/mol. The highest BCUT2D eigenvalue weighted by Gasteiger charge is 2.22. The summed E-state index contributed by atoms with van der Waals surface area (Å²) in [5, 5.41) is 8.81. The van der Waals surface area contributed by atoms with Crippen molar-refractivity contribution >= 4 is 16.2 Å². The van der Waals surface area contributed by atoms with Crippen LogP contribution < -0.4 is 9.44 Å². The van der Waals surface area contributed by atoms with Gasteiger partial charge >= 0.3 is 5.97 Å². The van der Waals surface area contributed by atoms with Gasteiger partial charge in [-0.05, 0) is 12.8 Å². The fourth-order valence-corrected chi connectivity index (χ4v) is 2.14. The summed E-state index contributed by atoms with van der Waals surface area (Å²) >= 11 is 0. The monoisotopic (exact) mass is 254 g/mol. The van der Waals surface area contributed by atoms with E-state index in [2.05, 4.69) is 9.44 Å². The molecule has 0 amide bonds. The fraction of sp³-hybridized carbons (Fsp3) is 0.875. The Balaban J connectivity index is 4.28. The molecule has 0 aliphatic rings. The molecule has 0 aliphatic carbocycles. The number of carboxylic acids is 1. The van der Waals surface area contributed by atoms with Crippen LogP contribution in [0.5, 0.6) is 0 Å². The van der Waals surface area contributed by atoms with Crippen molar-refractivity contribution in [2.75, 3.05) is 20.3 Å². The van der Waals surface area contributed by atoms with E-state index in [1.54, 1.807) is 6.92 Å². The van der Waals surface area contributed by atoms with Crippen molar-refractivity contribution in [2.24, 2.45) is 0 Å². The molecule has 1 atom stereocenters. The van der Waals surface area contributed by atoms with Crippen LogP contribution in [0.1, 0.15) is 19.8 Å². The Bertz CT molecular complexity index is 304. The van der Waals surface area contributed by atoms with Gasteiger partial charge in [0.2, 0.25) is 0 Å². The van der Waals surface area contributed by atoms with Gasteiger partial charge in [0.25, 0.3) is 10.2 Å². The lowest BCUT2D eigenvalue weighted by atomic mass is 10.2. The van der Waals surface area contributed by atoms with E-state index in [9.17, 15) is 13.2 Å². The third kappa shape index (κ3) is 6.72. The number of carbonyl (C=O) groups is 1. The molecule has 0 bridgehead atoms. The lowest BCUT2D eigenvalue weighted by molar-refractivity contribution is -0.139. The summed E-state index contributed by atoms with van der Waals surface area (Å²) in [6.45, 7) is 2.21. The van der Waals surface area contributed by atoms with Crippen LogP contribution in [0.2, 0.25) is 0 Å². The lowest BCUT2D eigenvalue weighted by Crippen LogP contribution is -2.46. The van der Waals surface area contributed by atoms with Crippen molar-refractivity contribution in [3.63, 3.8) is 0 Å². The molecule has 3 N–H and O–H groups in total. The van der Waals surface area contributed by atoms with Crippen LogP contribution >= 0.6 is 0 Å². The molecule has 0 saturated heterocycles. The third-order valence-electron chi connectivity index (χ3n) is 1.77. The zero-order valence-corrected chi connectivity index (χ0v) is 10.2. The molecule has 0 fully saturated rings. The first-order valence-corrected chi connectivity index (χ1v) is 6.40. The minimum Gasteiger partial charge on any atom is -0.480 e. The zero-order chi connectivity index (χ0) is 12.6. The van der Waals surface area contributed by atoms with Crippen LogP contribution in [0, 0.1) is 0 Å². The van der Waals surface area contributed by atoms with E-state index >= 15 is 0 Å². The van der Waals surface area contributed by atoms with Gasteiger partial charge in [0, 0.05) is 20.3 Å². The molecule has 0 aromatic carbocycles. The van der Waals surface area contributed by atoms with E-state index in [0.717, 1.165) is 0 Å². The first-order chi connectivity index (χ1) is 7.43. The molecule has 0 heterocycles. The second kappa shape index (κ2) is 7.55. The first-order valence-electron chi connectivity index (χ1n) is 4.91. The number of hydrogen-bond donors (Lipinski definition) is 3. The van der Waals surface area contributed by atoms with Gasteiger partial charge in [-0.2, -0.15) is 13.1 Å². The van der Waals surface area contributed by atoms with Gasteiger partial charge in [-0.15, -0.1) is 0 Å². The van der Waals surface area contributed by atoms with Gasteiger partial charge in [-0.25, -0.2) is 4.72 Å². The highest BCUT2D eigenvalue weighted by molar-refractivity contribution is 7.87. The molecule has 0 aromatic rings. The van der Waals surface area contributed by atoms with Gasteiger partial charge in [-0.3, -0.25) is 4.79 Å². The largest absolute Gasteiger partial charge is 0.480 e. The summed E-state index contributed by atoms with van der Waals surface area (Å²) in [7, 11) is -2.24. The molecule has 0 aromatic heterocycles. The summed E-state index contributed by atoms with van der Waals surface area (Å²) < 4.78 is 31.5. The number of rotatable bonds is 9. The van der Waals surface area contributed by atoms with Crippen LogP contribution in [0.3, 0.4) is 0 Å². The Morgan fingerprint density at radius 1 is 1.50 bits per heavy atom. The molecule has 0 radical (unpaired) electrons. The van der Waals surface area contributed by atoms with E-state index in [0.29, 0.717) is 13.0 Å². The average Bonchev–Trinajstić information content (AvgIpc) is 2.16. The topological polar surface area (TPSA) is 105 Å². The van der Waals surface area contributed by atoms with Crippen molar-refractivity contribution < 1.29 is 23.1 Å². The van der Waals surface area contributed by atoms with Crippen LogP contribution in [0.4, 0.5) is 0 Å². The third-order valence-corrected chi connectivity index (χ3v) is 3.03. The maximum atomic E-state index is 11.3. The van der Waals surface area contributed by atoms with Crippen molar-refractivity contribution in [3.05, 3.63) is 0 Å². The van der Waals surface area contributed by atoms with Crippen molar-refractivity contribution in [3.8, 4) is 0 Å². The summed E-state index contributed by atoms with van der Waals surface area (Å²) in [6, 6.07) is -1.13. The predicted molar refractivity (Wildman–Crippen MR) is 58.3 cm³/mol. The Morgan fingerprint density at radius 2 is 2.12 bits per heavy atom. The molecular weight excluding hydrogens is 236 g/mol. The molecule has 0 saturated carbocycles. The standard InChI is InChI=1S/C8H18N2O5S/c1-3-9-16(13,14)10-7(8(11)12)5-4-6-15-2/h7,9-10H,3-6H2,1-2H3,(H,11,12). The molecule has 1 unspecified atom stereocenters. The highest BCUT2D eigenvalue weighted by Crippen LogP contribution is 1.99. The SMILES string of the molecule is CCNS(=O)(=O)NC(CCCOC)C(=O)O. The molecule has 0 aliphatic heterocycles. The summed E-state index contributed by atoms with van der Waals surface area (Å²) in [4.78, 5) is 10.8. The maximum Gasteiger partial charge on any atom is 0.321 e. The first kappa shape index (κ1) is 15.3. The Morgan fingerprint density at radius 3 is 2.56 bits per heavy atom. The van der Waals surface area contributed by atoms with Crippen LogP contribution in [0.25, 0.3) is 0 Å².